The molecule has 0 radical (unpaired) electrons. The lowest BCUT2D eigenvalue weighted by atomic mass is 10.0. The lowest BCUT2D eigenvalue weighted by Crippen LogP contribution is -2.35. The Morgan fingerprint density at radius 3 is 2.62 bits per heavy atom. The summed E-state index contributed by atoms with van der Waals surface area (Å²) in [6.45, 7) is 6.17. The fraction of sp³-hybridized carbons (Fsp3) is 0.579. The van der Waals surface area contributed by atoms with Crippen molar-refractivity contribution < 1.29 is 18.0 Å². The zero-order valence-corrected chi connectivity index (χ0v) is 16.5. The van der Waals surface area contributed by atoms with Crippen molar-refractivity contribution in [2.75, 3.05) is 23.4 Å². The van der Waals surface area contributed by atoms with Gasteiger partial charge in [0.05, 0.1) is 11.5 Å². The van der Waals surface area contributed by atoms with Crippen LogP contribution in [0.4, 0.5) is 5.69 Å². The van der Waals surface area contributed by atoms with Gasteiger partial charge in [-0.15, -0.1) is 0 Å². The fourth-order valence-electron chi connectivity index (χ4n) is 3.13. The van der Waals surface area contributed by atoms with Crippen molar-refractivity contribution in [1.29, 1.82) is 0 Å². The zero-order chi connectivity index (χ0) is 19.3. The van der Waals surface area contributed by atoms with Gasteiger partial charge in [0, 0.05) is 24.2 Å². The second-order valence-electron chi connectivity index (χ2n) is 7.51. The number of hydrogen-bond donors (Lipinski definition) is 2. The third-order valence-corrected chi connectivity index (χ3v) is 6.35. The number of benzene rings is 1. The molecule has 1 aromatic carbocycles. The largest absolute Gasteiger partial charge is 0.352 e. The van der Waals surface area contributed by atoms with E-state index in [1.54, 1.807) is 18.2 Å². The Bertz CT molecular complexity index is 772. The molecule has 2 N–H and O–H groups in total. The molecule has 0 saturated carbocycles. The summed E-state index contributed by atoms with van der Waals surface area (Å²) in [6.07, 6.45) is 1.93. The first kappa shape index (κ1) is 20.4. The van der Waals surface area contributed by atoms with Crippen LogP contribution in [0.1, 0.15) is 49.0 Å². The highest BCUT2D eigenvalue weighted by Crippen LogP contribution is 2.19. The monoisotopic (exact) mass is 380 g/mol. The summed E-state index contributed by atoms with van der Waals surface area (Å²) in [7, 11) is -2.97. The SMILES string of the molecule is Cc1cc(C(=O)NCC2CCCS(=O)(=O)C2)ccc1NC(=O)CC(C)C. The van der Waals surface area contributed by atoms with E-state index in [-0.39, 0.29) is 35.2 Å². The van der Waals surface area contributed by atoms with Crippen LogP contribution in [0.15, 0.2) is 18.2 Å². The van der Waals surface area contributed by atoms with E-state index in [2.05, 4.69) is 10.6 Å². The van der Waals surface area contributed by atoms with E-state index >= 15 is 0 Å². The summed E-state index contributed by atoms with van der Waals surface area (Å²) in [4.78, 5) is 24.2. The summed E-state index contributed by atoms with van der Waals surface area (Å²) < 4.78 is 23.3. The maximum Gasteiger partial charge on any atom is 0.251 e. The van der Waals surface area contributed by atoms with Gasteiger partial charge in [-0.25, -0.2) is 8.42 Å². The number of carbonyl (C=O) groups is 2. The molecule has 0 aliphatic carbocycles. The Balaban J connectivity index is 1.93. The number of amides is 2. The van der Waals surface area contributed by atoms with Crippen molar-refractivity contribution in [3.8, 4) is 0 Å². The fourth-order valence-corrected chi connectivity index (χ4v) is 4.91. The molecule has 1 aromatic rings. The van der Waals surface area contributed by atoms with Crippen LogP contribution in [0.5, 0.6) is 0 Å². The Morgan fingerprint density at radius 1 is 1.27 bits per heavy atom. The second kappa shape index (κ2) is 8.66. The molecule has 2 rings (SSSR count). The summed E-state index contributed by atoms with van der Waals surface area (Å²) in [5.74, 6) is 0.389. The first-order chi connectivity index (χ1) is 12.2. The number of rotatable bonds is 6. The standard InChI is InChI=1S/C19H28N2O4S/c1-13(2)9-18(22)21-17-7-6-16(10-14(17)3)19(23)20-11-15-5-4-8-26(24,25)12-15/h6-7,10,13,15H,4-5,8-9,11-12H2,1-3H3,(H,20,23)(H,21,22). The highest BCUT2D eigenvalue weighted by atomic mass is 32.2. The van der Waals surface area contributed by atoms with Crippen LogP contribution >= 0.6 is 0 Å². The molecule has 2 amide bonds. The van der Waals surface area contributed by atoms with Crippen molar-refractivity contribution in [3.63, 3.8) is 0 Å². The molecule has 6 nitrogen and oxygen atoms in total. The first-order valence-corrected chi connectivity index (χ1v) is 10.9. The van der Waals surface area contributed by atoms with Crippen LogP contribution in [0, 0.1) is 18.8 Å². The lowest BCUT2D eigenvalue weighted by molar-refractivity contribution is -0.116. The van der Waals surface area contributed by atoms with Crippen LogP contribution in [0.25, 0.3) is 0 Å². The smallest absolute Gasteiger partial charge is 0.251 e. The number of anilines is 1. The zero-order valence-electron chi connectivity index (χ0n) is 15.7. The summed E-state index contributed by atoms with van der Waals surface area (Å²) in [6, 6.07) is 5.14. The average molecular weight is 381 g/mol. The van der Waals surface area contributed by atoms with E-state index in [0.29, 0.717) is 30.6 Å². The molecule has 26 heavy (non-hydrogen) atoms. The summed E-state index contributed by atoms with van der Waals surface area (Å²) >= 11 is 0. The van der Waals surface area contributed by atoms with Crippen molar-refractivity contribution >= 4 is 27.3 Å². The number of sulfone groups is 1. The number of nitrogens with one attached hydrogen (secondary N) is 2. The van der Waals surface area contributed by atoms with Gasteiger partial charge in [-0.2, -0.15) is 0 Å². The van der Waals surface area contributed by atoms with Crippen molar-refractivity contribution in [2.24, 2.45) is 11.8 Å². The molecule has 0 aromatic heterocycles. The lowest BCUT2D eigenvalue weighted by Gasteiger charge is -2.22. The molecule has 144 valence electrons. The van der Waals surface area contributed by atoms with Crippen molar-refractivity contribution in [3.05, 3.63) is 29.3 Å². The molecule has 1 aliphatic heterocycles. The molecule has 1 unspecified atom stereocenters. The Labute approximate surface area is 155 Å². The molecule has 7 heteroatoms. The van der Waals surface area contributed by atoms with Gasteiger partial charge in [0.1, 0.15) is 0 Å². The Kier molecular flexibility index (Phi) is 6.81. The minimum Gasteiger partial charge on any atom is -0.352 e. The molecular formula is C19H28N2O4S. The van der Waals surface area contributed by atoms with E-state index in [1.807, 2.05) is 20.8 Å². The van der Waals surface area contributed by atoms with Crippen LogP contribution in [0.3, 0.4) is 0 Å². The molecule has 1 heterocycles. The first-order valence-electron chi connectivity index (χ1n) is 9.05. The van der Waals surface area contributed by atoms with Crippen LogP contribution in [-0.2, 0) is 14.6 Å². The predicted molar refractivity (Wildman–Crippen MR) is 103 cm³/mol. The van der Waals surface area contributed by atoms with E-state index in [0.717, 1.165) is 12.0 Å². The van der Waals surface area contributed by atoms with E-state index in [4.69, 9.17) is 0 Å². The van der Waals surface area contributed by atoms with Gasteiger partial charge < -0.3 is 10.6 Å². The molecule has 1 aliphatic rings. The van der Waals surface area contributed by atoms with Gasteiger partial charge in [0.15, 0.2) is 9.84 Å². The van der Waals surface area contributed by atoms with Gasteiger partial charge in [-0.1, -0.05) is 13.8 Å². The predicted octanol–water partition coefficient (Wildman–Crippen LogP) is 2.53. The van der Waals surface area contributed by atoms with E-state index in [1.165, 1.54) is 0 Å². The average Bonchev–Trinajstić information content (AvgIpc) is 2.53. The minimum atomic E-state index is -2.97. The Hall–Kier alpha value is -1.89. The molecule has 1 atom stereocenters. The normalized spacial score (nSPS) is 19.2. The molecule has 0 bridgehead atoms. The van der Waals surface area contributed by atoms with Gasteiger partial charge in [0.2, 0.25) is 5.91 Å². The van der Waals surface area contributed by atoms with Crippen LogP contribution in [-0.4, -0.2) is 38.3 Å². The molecule has 1 saturated heterocycles. The molecule has 0 spiro atoms. The maximum atomic E-state index is 12.3. The minimum absolute atomic E-state index is 0.0200. The molecule has 1 fully saturated rings. The van der Waals surface area contributed by atoms with Crippen molar-refractivity contribution in [1.82, 2.24) is 5.32 Å². The van der Waals surface area contributed by atoms with E-state index < -0.39 is 9.84 Å². The second-order valence-corrected chi connectivity index (χ2v) is 9.74. The maximum absolute atomic E-state index is 12.3. The van der Waals surface area contributed by atoms with Gasteiger partial charge in [0.25, 0.3) is 5.91 Å². The van der Waals surface area contributed by atoms with Gasteiger partial charge in [-0.05, 0) is 55.4 Å². The van der Waals surface area contributed by atoms with Gasteiger partial charge >= 0.3 is 0 Å². The number of carbonyl (C=O) groups excluding carboxylic acids is 2. The molecular weight excluding hydrogens is 352 g/mol. The van der Waals surface area contributed by atoms with Gasteiger partial charge in [-0.3, -0.25) is 9.59 Å². The van der Waals surface area contributed by atoms with Crippen LogP contribution in [0.2, 0.25) is 0 Å². The quantitative estimate of drug-likeness (QED) is 0.793. The van der Waals surface area contributed by atoms with Crippen molar-refractivity contribution in [2.45, 2.75) is 40.0 Å². The number of hydrogen-bond acceptors (Lipinski definition) is 4. The third-order valence-electron chi connectivity index (χ3n) is 4.46. The topological polar surface area (TPSA) is 92.3 Å². The van der Waals surface area contributed by atoms with Crippen LogP contribution < -0.4 is 10.6 Å². The highest BCUT2D eigenvalue weighted by Gasteiger charge is 2.25. The Morgan fingerprint density at radius 2 is 2.00 bits per heavy atom. The summed E-state index contributed by atoms with van der Waals surface area (Å²) in [5, 5.41) is 5.69. The van der Waals surface area contributed by atoms with E-state index in [9.17, 15) is 18.0 Å². The number of aryl methyl sites for hydroxylation is 1. The highest BCUT2D eigenvalue weighted by molar-refractivity contribution is 7.91. The summed E-state index contributed by atoms with van der Waals surface area (Å²) in [5.41, 5.74) is 2.02. The third kappa shape index (κ3) is 6.12.